The van der Waals surface area contributed by atoms with E-state index in [-0.39, 0.29) is 37.7 Å². The first-order valence-electron chi connectivity index (χ1n) is 14.1. The molecule has 0 saturated carbocycles. The molecule has 0 fully saturated rings. The first-order valence-corrected chi connectivity index (χ1v) is 16.3. The third-order valence-electron chi connectivity index (χ3n) is 6.90. The Morgan fingerprint density at radius 1 is 0.905 bits per heavy atom. The summed E-state index contributed by atoms with van der Waals surface area (Å²) in [6.07, 6.45) is 1.82. The van der Waals surface area contributed by atoms with E-state index in [0.29, 0.717) is 22.7 Å². The first kappa shape index (κ1) is 33.1. The lowest BCUT2D eigenvalue weighted by Gasteiger charge is -2.34. The van der Waals surface area contributed by atoms with Gasteiger partial charge in [0.25, 0.3) is 0 Å². The molecule has 0 aliphatic heterocycles. The van der Waals surface area contributed by atoms with Crippen LogP contribution in [0.1, 0.15) is 55.9 Å². The fourth-order valence-electron chi connectivity index (χ4n) is 4.75. The zero-order valence-electron chi connectivity index (χ0n) is 25.4. The van der Waals surface area contributed by atoms with Crippen LogP contribution in [0.15, 0.2) is 72.8 Å². The molecule has 42 heavy (non-hydrogen) atoms. The number of sulfonamides is 1. The molecular formula is C33H42ClN3O4S. The lowest BCUT2D eigenvalue weighted by molar-refractivity contribution is -0.142. The number of benzene rings is 3. The molecule has 3 aromatic carbocycles. The number of hydrogen-bond acceptors (Lipinski definition) is 4. The number of halogens is 1. The largest absolute Gasteiger partial charge is 0.350 e. The van der Waals surface area contributed by atoms with Crippen molar-refractivity contribution in [3.63, 3.8) is 0 Å². The van der Waals surface area contributed by atoms with Gasteiger partial charge in [-0.15, -0.1) is 0 Å². The normalized spacial score (nSPS) is 12.5. The molecule has 1 N–H and O–H groups in total. The zero-order valence-corrected chi connectivity index (χ0v) is 26.9. The standard InChI is InChI=1S/C33H42ClN3O4S/c1-24-17-19-27(20-18-24)23-36(30(32(39)35-33(3,4)5)22-26-12-8-7-9-13-26)31(38)16-11-21-37(42(6,40)41)29-15-10-14-28(34)25(29)2/h7-10,12-15,17-20,30H,11,16,21-23H2,1-6H3,(H,35,39)/t30-/m1/s1. The molecule has 2 amide bonds. The summed E-state index contributed by atoms with van der Waals surface area (Å²) in [5.41, 5.74) is 3.59. The fraction of sp³-hybridized carbons (Fsp3) is 0.394. The van der Waals surface area contributed by atoms with E-state index in [1.807, 2.05) is 82.3 Å². The average Bonchev–Trinajstić information content (AvgIpc) is 2.90. The molecule has 0 aliphatic carbocycles. The van der Waals surface area contributed by atoms with E-state index in [4.69, 9.17) is 11.6 Å². The van der Waals surface area contributed by atoms with Gasteiger partial charge in [-0.1, -0.05) is 77.8 Å². The van der Waals surface area contributed by atoms with Crippen molar-refractivity contribution in [3.05, 3.63) is 100 Å². The lowest BCUT2D eigenvalue weighted by atomic mass is 10.00. The summed E-state index contributed by atoms with van der Waals surface area (Å²) in [5.74, 6) is -0.462. The fourth-order valence-corrected chi connectivity index (χ4v) is 5.93. The maximum atomic E-state index is 14.0. The first-order chi connectivity index (χ1) is 19.7. The van der Waals surface area contributed by atoms with Crippen molar-refractivity contribution in [2.24, 2.45) is 0 Å². The van der Waals surface area contributed by atoms with Crippen LogP contribution in [-0.4, -0.2) is 49.5 Å². The molecule has 0 bridgehead atoms. The summed E-state index contributed by atoms with van der Waals surface area (Å²) in [6.45, 7) is 9.85. The minimum Gasteiger partial charge on any atom is -0.350 e. The minimum atomic E-state index is -3.63. The second-order valence-electron chi connectivity index (χ2n) is 11.8. The summed E-state index contributed by atoms with van der Waals surface area (Å²) in [6, 6.07) is 21.9. The highest BCUT2D eigenvalue weighted by Crippen LogP contribution is 2.28. The average molecular weight is 612 g/mol. The Hall–Kier alpha value is -3.36. The molecule has 0 aromatic heterocycles. The van der Waals surface area contributed by atoms with E-state index >= 15 is 0 Å². The van der Waals surface area contributed by atoms with Crippen LogP contribution in [0.2, 0.25) is 5.02 Å². The Balaban J connectivity index is 1.92. The number of nitrogens with one attached hydrogen (secondary N) is 1. The molecule has 9 heteroatoms. The van der Waals surface area contributed by atoms with Gasteiger partial charge in [0.1, 0.15) is 6.04 Å². The lowest BCUT2D eigenvalue weighted by Crippen LogP contribution is -2.54. The maximum absolute atomic E-state index is 14.0. The van der Waals surface area contributed by atoms with E-state index in [0.717, 1.165) is 22.9 Å². The summed E-state index contributed by atoms with van der Waals surface area (Å²) in [5, 5.41) is 3.53. The van der Waals surface area contributed by atoms with Crippen LogP contribution >= 0.6 is 11.6 Å². The number of carbonyl (C=O) groups excluding carboxylic acids is 2. The number of anilines is 1. The van der Waals surface area contributed by atoms with Crippen LogP contribution in [0.4, 0.5) is 5.69 Å². The smallest absolute Gasteiger partial charge is 0.243 e. The third-order valence-corrected chi connectivity index (χ3v) is 8.49. The van der Waals surface area contributed by atoms with Crippen LogP contribution in [0.5, 0.6) is 0 Å². The second kappa shape index (κ2) is 14.2. The molecule has 0 aliphatic rings. The summed E-state index contributed by atoms with van der Waals surface area (Å²) in [4.78, 5) is 29.3. The van der Waals surface area contributed by atoms with Crippen LogP contribution < -0.4 is 9.62 Å². The molecule has 0 unspecified atom stereocenters. The molecule has 0 radical (unpaired) electrons. The van der Waals surface area contributed by atoms with Crippen molar-refractivity contribution in [2.75, 3.05) is 17.1 Å². The van der Waals surface area contributed by atoms with Crippen molar-refractivity contribution in [1.29, 1.82) is 0 Å². The third kappa shape index (κ3) is 9.60. The molecule has 3 rings (SSSR count). The summed E-state index contributed by atoms with van der Waals surface area (Å²) in [7, 11) is -3.63. The Morgan fingerprint density at radius 3 is 2.14 bits per heavy atom. The van der Waals surface area contributed by atoms with Gasteiger partial charge < -0.3 is 10.2 Å². The topological polar surface area (TPSA) is 86.8 Å². The molecule has 226 valence electrons. The van der Waals surface area contributed by atoms with Gasteiger partial charge in [-0.2, -0.15) is 0 Å². The SMILES string of the molecule is Cc1ccc(CN(C(=O)CCCN(c2cccc(Cl)c2C)S(C)(=O)=O)[C@H](Cc2ccccc2)C(=O)NC(C)(C)C)cc1. The Labute approximate surface area is 255 Å². The number of nitrogens with zero attached hydrogens (tertiary/aromatic N) is 2. The van der Waals surface area contributed by atoms with Crippen molar-refractivity contribution in [1.82, 2.24) is 10.2 Å². The van der Waals surface area contributed by atoms with Gasteiger partial charge in [-0.05, 0) is 69.9 Å². The number of amides is 2. The Bertz CT molecular complexity index is 1470. The van der Waals surface area contributed by atoms with Gasteiger partial charge in [-0.3, -0.25) is 13.9 Å². The van der Waals surface area contributed by atoms with Gasteiger partial charge in [0.05, 0.1) is 11.9 Å². The predicted octanol–water partition coefficient (Wildman–Crippen LogP) is 6.06. The highest BCUT2D eigenvalue weighted by molar-refractivity contribution is 7.92. The second-order valence-corrected chi connectivity index (χ2v) is 14.1. The molecular weight excluding hydrogens is 570 g/mol. The molecule has 0 saturated heterocycles. The van der Waals surface area contributed by atoms with Gasteiger partial charge in [0.2, 0.25) is 21.8 Å². The highest BCUT2D eigenvalue weighted by atomic mass is 35.5. The number of rotatable bonds is 12. The van der Waals surface area contributed by atoms with Crippen LogP contribution in [0.3, 0.4) is 0 Å². The molecule has 0 heterocycles. The maximum Gasteiger partial charge on any atom is 0.243 e. The molecule has 3 aromatic rings. The quantitative estimate of drug-likeness (QED) is 0.270. The monoisotopic (exact) mass is 611 g/mol. The molecule has 0 spiro atoms. The van der Waals surface area contributed by atoms with E-state index in [9.17, 15) is 18.0 Å². The summed E-state index contributed by atoms with van der Waals surface area (Å²) >= 11 is 6.28. The van der Waals surface area contributed by atoms with Crippen molar-refractivity contribution >= 4 is 39.1 Å². The number of carbonyl (C=O) groups is 2. The Morgan fingerprint density at radius 2 is 1.55 bits per heavy atom. The summed E-state index contributed by atoms with van der Waals surface area (Å²) < 4.78 is 26.8. The number of aryl methyl sites for hydroxylation is 1. The minimum absolute atomic E-state index is 0.0611. The van der Waals surface area contributed by atoms with Gasteiger partial charge >= 0.3 is 0 Å². The number of hydrogen-bond donors (Lipinski definition) is 1. The molecule has 7 nitrogen and oxygen atoms in total. The van der Waals surface area contributed by atoms with Gasteiger partial charge in [0, 0.05) is 36.5 Å². The van der Waals surface area contributed by atoms with E-state index in [1.54, 1.807) is 30.0 Å². The van der Waals surface area contributed by atoms with Gasteiger partial charge in [0.15, 0.2) is 0 Å². The highest BCUT2D eigenvalue weighted by Gasteiger charge is 2.32. The van der Waals surface area contributed by atoms with Crippen LogP contribution in [-0.2, 0) is 32.6 Å². The van der Waals surface area contributed by atoms with Gasteiger partial charge in [-0.25, -0.2) is 8.42 Å². The zero-order chi connectivity index (χ0) is 31.1. The van der Waals surface area contributed by atoms with Crippen LogP contribution in [0.25, 0.3) is 0 Å². The van der Waals surface area contributed by atoms with Crippen LogP contribution in [0, 0.1) is 13.8 Å². The molecule has 1 atom stereocenters. The van der Waals surface area contributed by atoms with E-state index < -0.39 is 21.6 Å². The predicted molar refractivity (Wildman–Crippen MR) is 171 cm³/mol. The van der Waals surface area contributed by atoms with Crippen molar-refractivity contribution in [2.45, 2.75) is 72.0 Å². The van der Waals surface area contributed by atoms with Crippen molar-refractivity contribution in [3.8, 4) is 0 Å². The Kier molecular flexibility index (Phi) is 11.2. The van der Waals surface area contributed by atoms with E-state index in [1.165, 1.54) is 4.31 Å². The van der Waals surface area contributed by atoms with E-state index in [2.05, 4.69) is 5.32 Å². The van der Waals surface area contributed by atoms with Crippen molar-refractivity contribution < 1.29 is 18.0 Å².